The van der Waals surface area contributed by atoms with Gasteiger partial charge >= 0.3 is 0 Å². The van der Waals surface area contributed by atoms with Gasteiger partial charge in [-0.25, -0.2) is 0 Å². The maximum Gasteiger partial charge on any atom is 0.251 e. The highest BCUT2D eigenvalue weighted by Gasteiger charge is 2.50. The van der Waals surface area contributed by atoms with Gasteiger partial charge in [0.15, 0.2) is 6.23 Å². The molecule has 0 spiro atoms. The van der Waals surface area contributed by atoms with Crippen LogP contribution in [0.4, 0.5) is 0 Å². The van der Waals surface area contributed by atoms with E-state index in [-0.39, 0.29) is 36.6 Å². The van der Waals surface area contributed by atoms with Gasteiger partial charge in [-0.1, -0.05) is 87.4 Å². The van der Waals surface area contributed by atoms with Crippen molar-refractivity contribution in [2.24, 2.45) is 11.7 Å². The number of aromatic hydroxyl groups is 1. The van der Waals surface area contributed by atoms with E-state index in [0.29, 0.717) is 6.61 Å². The molecule has 85 heavy (non-hydrogen) atoms. The number of phenols is 1. The van der Waals surface area contributed by atoms with Crippen LogP contribution < -0.4 is 37.1 Å². The van der Waals surface area contributed by atoms with Gasteiger partial charge in [0.25, 0.3) is 5.91 Å². The number of amides is 7. The van der Waals surface area contributed by atoms with E-state index in [9.17, 15) is 74.4 Å². The first-order valence-electron chi connectivity index (χ1n) is 28.5. The van der Waals surface area contributed by atoms with Crippen LogP contribution in [0.3, 0.4) is 0 Å². The third kappa shape index (κ3) is 16.0. The zero-order valence-corrected chi connectivity index (χ0v) is 47.7. The minimum atomic E-state index is -2.29. The molecule has 15 N–H and O–H groups in total. The van der Waals surface area contributed by atoms with Crippen LogP contribution >= 0.6 is 0 Å². The number of phenolic OH excluding ortho intramolecular Hbond substituents is 1. The summed E-state index contributed by atoms with van der Waals surface area (Å²) in [6.07, 6.45) is -12.8. The molecule has 7 unspecified atom stereocenters. The van der Waals surface area contributed by atoms with E-state index in [1.54, 1.807) is 12.1 Å². The Morgan fingerprint density at radius 1 is 0.659 bits per heavy atom. The minimum Gasteiger partial charge on any atom is -0.508 e. The zero-order chi connectivity index (χ0) is 61.8. The Balaban J connectivity index is 1.21. The molecule has 25 heteroatoms. The molecule has 0 bridgehead atoms. The predicted octanol–water partition coefficient (Wildman–Crippen LogP) is -0.944. The average Bonchev–Trinajstić information content (AvgIpc) is 3.51. The highest BCUT2D eigenvalue weighted by atomic mass is 16.5. The topological polar surface area (TPSA) is 392 Å². The molecule has 3 aliphatic rings. The Labute approximate surface area is 491 Å². The Morgan fingerprint density at radius 3 is 1.76 bits per heavy atom. The smallest absolute Gasteiger partial charge is 0.251 e. The van der Waals surface area contributed by atoms with E-state index in [2.05, 4.69) is 33.5 Å². The number of carbonyl (C=O) groups excluding carboxylic acids is 7. The summed E-state index contributed by atoms with van der Waals surface area (Å²) in [6.45, 7) is 5.08. The van der Waals surface area contributed by atoms with Crippen LogP contribution in [-0.4, -0.2) is 204 Å². The molecular formula is C60H78N8O17. The fraction of sp³-hybridized carbons (Fsp3) is 0.483. The number of fused-ring (bicyclic) bond motifs is 2. The van der Waals surface area contributed by atoms with Crippen LogP contribution in [0, 0.1) is 5.92 Å². The average molecular weight is 1180 g/mol. The lowest BCUT2D eigenvalue weighted by atomic mass is 9.96. The predicted molar refractivity (Wildman–Crippen MR) is 306 cm³/mol. The second-order valence-electron chi connectivity index (χ2n) is 21.9. The molecule has 25 nitrogen and oxygen atoms in total. The van der Waals surface area contributed by atoms with Gasteiger partial charge in [-0.2, -0.15) is 0 Å². The van der Waals surface area contributed by atoms with E-state index >= 15 is 0 Å². The lowest BCUT2D eigenvalue weighted by molar-refractivity contribution is -0.149. The number of hydrogen-bond donors (Lipinski definition) is 14. The molecule has 0 aliphatic carbocycles. The number of carbonyl (C=O) groups is 7. The number of hydrogen-bond acceptors (Lipinski definition) is 18. The molecule has 0 aromatic heterocycles. The van der Waals surface area contributed by atoms with Crippen molar-refractivity contribution >= 4 is 41.4 Å². The third-order valence-electron chi connectivity index (χ3n) is 15.4. The monoisotopic (exact) mass is 1180 g/mol. The molecule has 3 heterocycles. The van der Waals surface area contributed by atoms with Crippen molar-refractivity contribution in [1.29, 1.82) is 0 Å². The van der Waals surface area contributed by atoms with E-state index in [4.69, 9.17) is 15.2 Å². The fourth-order valence-electron chi connectivity index (χ4n) is 10.6. The summed E-state index contributed by atoms with van der Waals surface area (Å²) in [6, 6.07) is 15.1. The molecular weight excluding hydrogens is 1100 g/mol. The fourth-order valence-corrected chi connectivity index (χ4v) is 10.6. The highest BCUT2D eigenvalue weighted by Crippen LogP contribution is 2.30. The number of aliphatic hydroxyl groups excluding tert-OH is 7. The first-order valence-corrected chi connectivity index (χ1v) is 28.5. The first-order chi connectivity index (χ1) is 40.5. The number of ether oxygens (including phenoxy) is 2. The molecule has 0 radical (unpaired) electrons. The lowest BCUT2D eigenvalue weighted by Gasteiger charge is -2.34. The van der Waals surface area contributed by atoms with Gasteiger partial charge in [0.1, 0.15) is 66.1 Å². The molecule has 3 saturated heterocycles. The maximum atomic E-state index is 14.7. The Kier molecular flexibility index (Phi) is 22.5. The molecule has 3 aliphatic heterocycles. The number of aliphatic hydroxyl groups is 7. The van der Waals surface area contributed by atoms with Crippen molar-refractivity contribution < 1.29 is 83.9 Å². The Hall–Kier alpha value is -7.59. The minimum absolute atomic E-state index is 0.0332. The van der Waals surface area contributed by atoms with Crippen LogP contribution in [0.15, 0.2) is 97.1 Å². The van der Waals surface area contributed by atoms with Crippen molar-refractivity contribution in [3.8, 4) is 33.8 Å². The van der Waals surface area contributed by atoms with Crippen LogP contribution in [0.5, 0.6) is 11.5 Å². The molecule has 15 atom stereocenters. The first kappa shape index (κ1) is 65.0. The number of unbranched alkanes of at least 4 members (excludes halogenated alkanes) is 2. The molecule has 4 aromatic rings. The van der Waals surface area contributed by atoms with Gasteiger partial charge in [0, 0.05) is 44.0 Å². The Bertz CT molecular complexity index is 2930. The van der Waals surface area contributed by atoms with Crippen LogP contribution in [0.2, 0.25) is 0 Å². The van der Waals surface area contributed by atoms with E-state index in [0.717, 1.165) is 83.0 Å². The van der Waals surface area contributed by atoms with Crippen molar-refractivity contribution in [1.82, 2.24) is 36.4 Å². The summed E-state index contributed by atoms with van der Waals surface area (Å²) in [5.74, 6) is -8.38. The van der Waals surface area contributed by atoms with Crippen LogP contribution in [-0.2, 0) is 33.5 Å². The van der Waals surface area contributed by atoms with Crippen LogP contribution in [0.25, 0.3) is 22.3 Å². The van der Waals surface area contributed by atoms with Crippen molar-refractivity contribution in [2.45, 2.75) is 145 Å². The van der Waals surface area contributed by atoms with E-state index in [1.807, 2.05) is 48.5 Å². The summed E-state index contributed by atoms with van der Waals surface area (Å²) in [4.78, 5) is 103. The summed E-state index contributed by atoms with van der Waals surface area (Å²) < 4.78 is 11.6. The number of benzene rings is 4. The normalized spacial score (nSPS) is 27.0. The molecule has 7 amide bonds. The quantitative estimate of drug-likeness (QED) is 0.0567. The van der Waals surface area contributed by atoms with Crippen molar-refractivity contribution in [3.05, 3.63) is 108 Å². The van der Waals surface area contributed by atoms with Crippen LogP contribution in [0.1, 0.15) is 81.8 Å². The largest absolute Gasteiger partial charge is 0.508 e. The highest BCUT2D eigenvalue weighted by molar-refractivity contribution is 6.00. The van der Waals surface area contributed by atoms with E-state index < -0.39 is 152 Å². The standard InChI is InChI=1S/C60H78N8O17/c1-5-6-7-25-84-42-22-18-37(19-23-42)35-10-8-34(9-11-35)36-12-14-39(15-13-36)53(77)62-43-28-45(73)58(85-26-24-61)66-57(81)49-50(74)31(2)29-68(49)60(83)47(33(4)70)64-56(80)48(52(76)51(75)38-16-20-40(71)21-17-38)65-55(79)44-27-41(72)30-67(44)59(82)46(32(3)69)63-54(43)78/h8-23,31-33,41,43-52,58,69-76H,5-7,24-30,61H2,1-4H3,(H,62,77)(H,63,78)(H,64,80)(H,65,79)(H,66,81)/t31-,32+,33+,41+,43?,44?,45+,46?,47?,48?,49?,50-,51-,52-,58?/m0/s1. The molecule has 460 valence electrons. The lowest BCUT2D eigenvalue weighted by Crippen LogP contribution is -2.64. The van der Waals surface area contributed by atoms with Gasteiger partial charge in [-0.3, -0.25) is 33.6 Å². The summed E-state index contributed by atoms with van der Waals surface area (Å²) in [5.41, 5.74) is 9.20. The van der Waals surface area contributed by atoms with Gasteiger partial charge in [0.2, 0.25) is 35.4 Å². The van der Waals surface area contributed by atoms with Gasteiger partial charge in [0.05, 0.1) is 37.6 Å². The Morgan fingerprint density at radius 2 is 1.20 bits per heavy atom. The van der Waals surface area contributed by atoms with Gasteiger partial charge < -0.3 is 92.4 Å². The number of nitrogens with two attached hydrogens (primary N) is 1. The summed E-state index contributed by atoms with van der Waals surface area (Å²) in [7, 11) is 0. The van der Waals surface area contributed by atoms with E-state index in [1.165, 1.54) is 31.2 Å². The molecule has 0 saturated carbocycles. The molecule has 4 aromatic carbocycles. The second kappa shape index (κ2) is 29.5. The number of nitrogens with one attached hydrogen (secondary N) is 5. The summed E-state index contributed by atoms with van der Waals surface area (Å²) in [5, 5.41) is 102. The molecule has 7 rings (SSSR count). The maximum absolute atomic E-state index is 14.7. The van der Waals surface area contributed by atoms with Crippen molar-refractivity contribution in [2.75, 3.05) is 32.8 Å². The van der Waals surface area contributed by atoms with Crippen molar-refractivity contribution in [3.63, 3.8) is 0 Å². The third-order valence-corrected chi connectivity index (χ3v) is 15.4. The van der Waals surface area contributed by atoms with Gasteiger partial charge in [-0.05, 0) is 84.5 Å². The SMILES string of the molecule is CCCCCOc1ccc(-c2ccc(-c3ccc(C(=O)NC4C[C@@H](O)C(OCCN)NC(=O)C5[C@@H](O)[C@@H](C)CN5C(=O)C([C@@H](C)O)NC(=O)C([C@H](O)[C@@H](O)c5ccc(O)cc5)NC(=O)C5C[C@@H](O)CN5C(=O)C([C@@H](C)O)NC4=O)cc3)cc2)cc1. The number of nitrogens with zero attached hydrogens (tertiary/aromatic N) is 2. The molecule has 3 fully saturated rings. The van der Waals surface area contributed by atoms with Gasteiger partial charge in [-0.15, -0.1) is 0 Å². The zero-order valence-electron chi connectivity index (χ0n) is 47.7. The second-order valence-corrected chi connectivity index (χ2v) is 21.9. The number of rotatable bonds is 17. The summed E-state index contributed by atoms with van der Waals surface area (Å²) >= 11 is 0.